The second-order valence-corrected chi connectivity index (χ2v) is 7.18. The van der Waals surface area contributed by atoms with Crippen molar-refractivity contribution in [2.75, 3.05) is 0 Å². The van der Waals surface area contributed by atoms with Crippen LogP contribution < -0.4 is 0 Å². The molecule has 0 saturated heterocycles. The number of hydrogen-bond acceptors (Lipinski definition) is 2. The van der Waals surface area contributed by atoms with E-state index < -0.39 is 0 Å². The molecule has 0 saturated carbocycles. The van der Waals surface area contributed by atoms with Crippen LogP contribution in [-0.4, -0.2) is 9.97 Å². The van der Waals surface area contributed by atoms with Crippen molar-refractivity contribution in [2.45, 2.75) is 0 Å². The molecule has 0 radical (unpaired) electrons. The lowest BCUT2D eigenvalue weighted by Gasteiger charge is -2.11. The Balaban J connectivity index is 1.67. The Labute approximate surface area is 176 Å². The van der Waals surface area contributed by atoms with Crippen LogP contribution in [0.3, 0.4) is 0 Å². The van der Waals surface area contributed by atoms with Crippen LogP contribution in [0.5, 0.6) is 0 Å². The van der Waals surface area contributed by atoms with Gasteiger partial charge in [-0.1, -0.05) is 78.9 Å². The summed E-state index contributed by atoms with van der Waals surface area (Å²) in [5.74, 6) is 0. The van der Waals surface area contributed by atoms with Crippen molar-refractivity contribution in [2.24, 2.45) is 0 Å². The smallest absolute Gasteiger partial charge is 0.0715 e. The van der Waals surface area contributed by atoms with E-state index in [9.17, 15) is 0 Å². The maximum absolute atomic E-state index is 4.97. The SMILES string of the molecule is c1ccc(-c2cc(-c3cccc(-c4ccncc4)c3)cc(-c3ccccc3)n2)cc1. The van der Waals surface area contributed by atoms with E-state index in [0.717, 1.165) is 33.6 Å². The van der Waals surface area contributed by atoms with Gasteiger partial charge in [-0.15, -0.1) is 0 Å². The lowest BCUT2D eigenvalue weighted by Crippen LogP contribution is -1.91. The minimum absolute atomic E-state index is 0.973. The van der Waals surface area contributed by atoms with E-state index in [0.29, 0.717) is 0 Å². The van der Waals surface area contributed by atoms with Gasteiger partial charge in [0.15, 0.2) is 0 Å². The molecule has 5 rings (SSSR count). The van der Waals surface area contributed by atoms with Crippen LogP contribution >= 0.6 is 0 Å². The van der Waals surface area contributed by atoms with Gasteiger partial charge < -0.3 is 0 Å². The van der Waals surface area contributed by atoms with Gasteiger partial charge in [0.05, 0.1) is 11.4 Å². The van der Waals surface area contributed by atoms with Gasteiger partial charge in [0.25, 0.3) is 0 Å². The van der Waals surface area contributed by atoms with Gasteiger partial charge in [-0.25, -0.2) is 4.98 Å². The van der Waals surface area contributed by atoms with Crippen LogP contribution in [0, 0.1) is 0 Å². The number of benzene rings is 3. The summed E-state index contributed by atoms with van der Waals surface area (Å²) in [5.41, 5.74) is 8.83. The Morgan fingerprint density at radius 3 is 1.43 bits per heavy atom. The lowest BCUT2D eigenvalue weighted by atomic mass is 9.97. The highest BCUT2D eigenvalue weighted by Crippen LogP contribution is 2.32. The average Bonchev–Trinajstić information content (AvgIpc) is 2.85. The number of hydrogen-bond donors (Lipinski definition) is 0. The highest BCUT2D eigenvalue weighted by molar-refractivity contribution is 5.79. The standard InChI is InChI=1S/C28H20N2/c1-3-8-22(9-4-1)27-19-26(20-28(30-27)23-10-5-2-6-11-23)25-13-7-12-24(18-25)21-14-16-29-17-15-21/h1-20H. The highest BCUT2D eigenvalue weighted by Gasteiger charge is 2.09. The maximum atomic E-state index is 4.97. The van der Waals surface area contributed by atoms with Crippen molar-refractivity contribution in [1.82, 2.24) is 9.97 Å². The molecule has 0 aliphatic heterocycles. The average molecular weight is 384 g/mol. The van der Waals surface area contributed by atoms with Gasteiger partial charge in [0.2, 0.25) is 0 Å². The summed E-state index contributed by atoms with van der Waals surface area (Å²) in [6, 6.07) is 37.7. The third-order valence-electron chi connectivity index (χ3n) is 5.17. The predicted octanol–water partition coefficient (Wildman–Crippen LogP) is 7.14. The quantitative estimate of drug-likeness (QED) is 0.329. The monoisotopic (exact) mass is 384 g/mol. The summed E-state index contributed by atoms with van der Waals surface area (Å²) in [6.07, 6.45) is 3.66. The minimum atomic E-state index is 0.973. The number of pyridine rings is 2. The third kappa shape index (κ3) is 3.76. The Morgan fingerprint density at radius 2 is 0.867 bits per heavy atom. The molecule has 0 aliphatic rings. The molecule has 0 atom stereocenters. The molecule has 0 aliphatic carbocycles. The molecule has 2 aromatic heterocycles. The topological polar surface area (TPSA) is 25.8 Å². The van der Waals surface area contributed by atoms with Gasteiger partial charge in [0.1, 0.15) is 0 Å². The molecule has 2 heteroatoms. The molecule has 0 bridgehead atoms. The van der Waals surface area contributed by atoms with Crippen LogP contribution in [-0.2, 0) is 0 Å². The Morgan fingerprint density at radius 1 is 0.367 bits per heavy atom. The summed E-state index contributed by atoms with van der Waals surface area (Å²) < 4.78 is 0. The summed E-state index contributed by atoms with van der Waals surface area (Å²) in [4.78, 5) is 9.11. The van der Waals surface area contributed by atoms with E-state index in [4.69, 9.17) is 4.98 Å². The zero-order chi connectivity index (χ0) is 20.2. The first-order chi connectivity index (χ1) is 14.9. The molecule has 3 aromatic carbocycles. The Kier molecular flexibility index (Phi) is 4.89. The first-order valence-corrected chi connectivity index (χ1v) is 10.0. The zero-order valence-corrected chi connectivity index (χ0v) is 16.4. The van der Waals surface area contributed by atoms with Crippen molar-refractivity contribution >= 4 is 0 Å². The first kappa shape index (κ1) is 18.0. The predicted molar refractivity (Wildman–Crippen MR) is 124 cm³/mol. The molecule has 2 nitrogen and oxygen atoms in total. The Hall–Kier alpha value is -4.04. The fourth-order valence-electron chi connectivity index (χ4n) is 3.63. The summed E-state index contributed by atoms with van der Waals surface area (Å²) in [6.45, 7) is 0. The third-order valence-corrected chi connectivity index (χ3v) is 5.17. The van der Waals surface area contributed by atoms with E-state index in [1.54, 1.807) is 0 Å². The van der Waals surface area contributed by atoms with Gasteiger partial charge >= 0.3 is 0 Å². The first-order valence-electron chi connectivity index (χ1n) is 10.0. The van der Waals surface area contributed by atoms with E-state index in [-0.39, 0.29) is 0 Å². The molecule has 0 spiro atoms. The zero-order valence-electron chi connectivity index (χ0n) is 16.4. The molecule has 30 heavy (non-hydrogen) atoms. The maximum Gasteiger partial charge on any atom is 0.0715 e. The minimum Gasteiger partial charge on any atom is -0.265 e. The van der Waals surface area contributed by atoms with E-state index in [1.165, 1.54) is 11.1 Å². The van der Waals surface area contributed by atoms with Gasteiger partial charge in [-0.3, -0.25) is 4.98 Å². The van der Waals surface area contributed by atoms with Crippen LogP contribution in [0.4, 0.5) is 0 Å². The molecule has 0 unspecified atom stereocenters. The summed E-state index contributed by atoms with van der Waals surface area (Å²) in [7, 11) is 0. The molecular weight excluding hydrogens is 364 g/mol. The van der Waals surface area contributed by atoms with E-state index in [1.807, 2.05) is 36.7 Å². The molecule has 2 heterocycles. The molecule has 0 amide bonds. The molecule has 142 valence electrons. The van der Waals surface area contributed by atoms with Crippen LogP contribution in [0.2, 0.25) is 0 Å². The molecule has 5 aromatic rings. The highest BCUT2D eigenvalue weighted by atomic mass is 14.7. The van der Waals surface area contributed by atoms with Gasteiger partial charge in [-0.05, 0) is 52.6 Å². The fourth-order valence-corrected chi connectivity index (χ4v) is 3.63. The molecule has 0 N–H and O–H groups in total. The largest absolute Gasteiger partial charge is 0.265 e. The Bertz CT molecular complexity index is 1210. The van der Waals surface area contributed by atoms with Gasteiger partial charge in [0, 0.05) is 23.5 Å². The normalized spacial score (nSPS) is 10.7. The van der Waals surface area contributed by atoms with Crippen LogP contribution in [0.25, 0.3) is 44.8 Å². The van der Waals surface area contributed by atoms with Gasteiger partial charge in [-0.2, -0.15) is 0 Å². The van der Waals surface area contributed by atoms with E-state index >= 15 is 0 Å². The lowest BCUT2D eigenvalue weighted by molar-refractivity contribution is 1.32. The van der Waals surface area contributed by atoms with Crippen molar-refractivity contribution in [3.8, 4) is 44.8 Å². The van der Waals surface area contributed by atoms with E-state index in [2.05, 4.69) is 89.9 Å². The number of nitrogens with zero attached hydrogens (tertiary/aromatic N) is 2. The fraction of sp³-hybridized carbons (Fsp3) is 0. The molecular formula is C28H20N2. The van der Waals surface area contributed by atoms with Crippen molar-refractivity contribution in [3.63, 3.8) is 0 Å². The van der Waals surface area contributed by atoms with Crippen LogP contribution in [0.1, 0.15) is 0 Å². The van der Waals surface area contributed by atoms with Crippen LogP contribution in [0.15, 0.2) is 122 Å². The summed E-state index contributed by atoms with van der Waals surface area (Å²) in [5, 5.41) is 0. The number of aromatic nitrogens is 2. The summed E-state index contributed by atoms with van der Waals surface area (Å²) >= 11 is 0. The van der Waals surface area contributed by atoms with Crippen molar-refractivity contribution in [1.29, 1.82) is 0 Å². The van der Waals surface area contributed by atoms with Crippen molar-refractivity contribution < 1.29 is 0 Å². The second-order valence-electron chi connectivity index (χ2n) is 7.18. The number of rotatable bonds is 4. The second kappa shape index (κ2) is 8.14. The molecule has 0 fully saturated rings. The van der Waals surface area contributed by atoms with Crippen molar-refractivity contribution in [3.05, 3.63) is 122 Å².